The van der Waals surface area contributed by atoms with Gasteiger partial charge in [0.15, 0.2) is 29.2 Å². The molecule has 0 saturated carbocycles. The Morgan fingerprint density at radius 2 is 1.81 bits per heavy atom. The Bertz CT molecular complexity index is 713. The largest absolute Gasteiger partial charge is 0.485 e. The van der Waals surface area contributed by atoms with Crippen molar-refractivity contribution in [2.45, 2.75) is 13.0 Å². The molecule has 1 aliphatic heterocycles. The van der Waals surface area contributed by atoms with Crippen molar-refractivity contribution >= 4 is 5.78 Å². The first kappa shape index (κ1) is 13.5. The molecule has 1 heterocycles. The lowest BCUT2D eigenvalue weighted by Crippen LogP contribution is -2.37. The van der Waals surface area contributed by atoms with Gasteiger partial charge in [-0.25, -0.2) is 8.78 Å². The number of para-hydroxylation sites is 2. The van der Waals surface area contributed by atoms with Crippen LogP contribution in [0.2, 0.25) is 0 Å². The lowest BCUT2D eigenvalue weighted by Gasteiger charge is -2.25. The monoisotopic (exact) mass is 290 g/mol. The van der Waals surface area contributed by atoms with E-state index < -0.39 is 23.5 Å². The third-order valence-corrected chi connectivity index (χ3v) is 3.34. The summed E-state index contributed by atoms with van der Waals surface area (Å²) in [6.07, 6.45) is -0.989. The number of benzene rings is 2. The molecule has 3 nitrogen and oxygen atoms in total. The third kappa shape index (κ3) is 2.35. The lowest BCUT2D eigenvalue weighted by atomic mass is 10.0. The van der Waals surface area contributed by atoms with Crippen molar-refractivity contribution in [1.29, 1.82) is 0 Å². The van der Waals surface area contributed by atoms with E-state index in [1.54, 1.807) is 24.3 Å². The van der Waals surface area contributed by atoms with Crippen molar-refractivity contribution < 1.29 is 23.0 Å². The number of hydrogen-bond acceptors (Lipinski definition) is 3. The van der Waals surface area contributed by atoms with Gasteiger partial charge in [0.05, 0.1) is 5.56 Å². The van der Waals surface area contributed by atoms with Gasteiger partial charge in [-0.05, 0) is 30.7 Å². The van der Waals surface area contributed by atoms with Gasteiger partial charge in [0, 0.05) is 0 Å². The molecule has 0 bridgehead atoms. The predicted octanol–water partition coefficient (Wildman–Crippen LogP) is 3.30. The highest BCUT2D eigenvalue weighted by atomic mass is 19.2. The molecule has 3 rings (SSSR count). The standard InChI is InChI=1S/C16H12F2O3/c1-9-6-7-10(15(18)14(9)17)16(19)13-8-20-11-4-2-3-5-12(11)21-13/h2-7,13H,8H2,1H3. The molecular weight excluding hydrogens is 278 g/mol. The molecule has 5 heteroatoms. The number of carbonyl (C=O) groups is 1. The third-order valence-electron chi connectivity index (χ3n) is 3.34. The van der Waals surface area contributed by atoms with Gasteiger partial charge in [0.25, 0.3) is 0 Å². The van der Waals surface area contributed by atoms with Gasteiger partial charge in [-0.3, -0.25) is 4.79 Å². The summed E-state index contributed by atoms with van der Waals surface area (Å²) in [5, 5.41) is 0. The molecule has 0 aliphatic carbocycles. The SMILES string of the molecule is Cc1ccc(C(=O)C2COc3ccccc3O2)c(F)c1F. The number of fused-ring (bicyclic) bond motifs is 1. The lowest BCUT2D eigenvalue weighted by molar-refractivity contribution is 0.0581. The number of carbonyl (C=O) groups excluding carboxylic acids is 1. The van der Waals surface area contributed by atoms with Crippen molar-refractivity contribution in [3.8, 4) is 11.5 Å². The van der Waals surface area contributed by atoms with Gasteiger partial charge in [0.2, 0.25) is 5.78 Å². The first-order valence-corrected chi connectivity index (χ1v) is 6.45. The molecule has 0 radical (unpaired) electrons. The van der Waals surface area contributed by atoms with Crippen LogP contribution in [0.1, 0.15) is 15.9 Å². The van der Waals surface area contributed by atoms with E-state index in [1.807, 2.05) is 0 Å². The summed E-state index contributed by atoms with van der Waals surface area (Å²) >= 11 is 0. The van der Waals surface area contributed by atoms with E-state index in [1.165, 1.54) is 19.1 Å². The molecular formula is C16H12F2O3. The minimum Gasteiger partial charge on any atom is -0.485 e. The number of halogens is 2. The second-order valence-electron chi connectivity index (χ2n) is 4.79. The summed E-state index contributed by atoms with van der Waals surface area (Å²) in [7, 11) is 0. The average molecular weight is 290 g/mol. The molecule has 0 N–H and O–H groups in total. The number of hydrogen-bond donors (Lipinski definition) is 0. The number of ether oxygens (including phenoxy) is 2. The summed E-state index contributed by atoms with van der Waals surface area (Å²) in [4.78, 5) is 12.3. The van der Waals surface area contributed by atoms with Gasteiger partial charge in [-0.2, -0.15) is 0 Å². The molecule has 0 saturated heterocycles. The number of ketones is 1. The van der Waals surface area contributed by atoms with Gasteiger partial charge in [-0.1, -0.05) is 18.2 Å². The molecule has 2 aromatic rings. The molecule has 21 heavy (non-hydrogen) atoms. The van der Waals surface area contributed by atoms with E-state index in [-0.39, 0.29) is 17.7 Å². The van der Waals surface area contributed by atoms with Crippen molar-refractivity contribution in [2.24, 2.45) is 0 Å². The normalized spacial score (nSPS) is 16.6. The highest BCUT2D eigenvalue weighted by Crippen LogP contribution is 2.32. The van der Waals surface area contributed by atoms with Crippen LogP contribution < -0.4 is 9.47 Å². The maximum Gasteiger partial charge on any atom is 0.209 e. The highest BCUT2D eigenvalue weighted by molar-refractivity contribution is 6.00. The molecule has 108 valence electrons. The van der Waals surface area contributed by atoms with Crippen LogP contribution >= 0.6 is 0 Å². The zero-order valence-corrected chi connectivity index (χ0v) is 11.2. The van der Waals surface area contributed by atoms with Crippen LogP contribution in [0.15, 0.2) is 36.4 Å². The molecule has 2 aromatic carbocycles. The Morgan fingerprint density at radius 1 is 1.10 bits per heavy atom. The van der Waals surface area contributed by atoms with E-state index in [0.717, 1.165) is 0 Å². The zero-order valence-electron chi connectivity index (χ0n) is 11.2. The Balaban J connectivity index is 1.89. The topological polar surface area (TPSA) is 35.5 Å². The maximum absolute atomic E-state index is 13.9. The predicted molar refractivity (Wildman–Crippen MR) is 71.8 cm³/mol. The second kappa shape index (κ2) is 5.16. The van der Waals surface area contributed by atoms with E-state index in [9.17, 15) is 13.6 Å². The van der Waals surface area contributed by atoms with E-state index in [0.29, 0.717) is 11.5 Å². The highest BCUT2D eigenvalue weighted by Gasteiger charge is 2.30. The number of rotatable bonds is 2. The van der Waals surface area contributed by atoms with Crippen LogP contribution in [-0.4, -0.2) is 18.5 Å². The van der Waals surface area contributed by atoms with Crippen molar-refractivity contribution in [2.75, 3.05) is 6.61 Å². The Labute approximate surface area is 120 Å². The van der Waals surface area contributed by atoms with Crippen LogP contribution in [-0.2, 0) is 0 Å². The summed E-state index contributed by atoms with van der Waals surface area (Å²) in [5.74, 6) is -1.87. The van der Waals surface area contributed by atoms with Crippen LogP contribution in [0.5, 0.6) is 11.5 Å². The van der Waals surface area contributed by atoms with Crippen LogP contribution in [0.25, 0.3) is 0 Å². The summed E-state index contributed by atoms with van der Waals surface area (Å²) in [5.41, 5.74) is -0.179. The van der Waals surface area contributed by atoms with Gasteiger partial charge in [0.1, 0.15) is 6.61 Å². The molecule has 1 unspecified atom stereocenters. The smallest absolute Gasteiger partial charge is 0.209 e. The fraction of sp³-hybridized carbons (Fsp3) is 0.188. The van der Waals surface area contributed by atoms with Gasteiger partial charge < -0.3 is 9.47 Å². The Kier molecular flexibility index (Phi) is 3.33. The van der Waals surface area contributed by atoms with Gasteiger partial charge in [-0.15, -0.1) is 0 Å². The second-order valence-corrected chi connectivity index (χ2v) is 4.79. The minimum atomic E-state index is -1.15. The fourth-order valence-electron chi connectivity index (χ4n) is 2.16. The van der Waals surface area contributed by atoms with Crippen molar-refractivity contribution in [1.82, 2.24) is 0 Å². The van der Waals surface area contributed by atoms with E-state index in [4.69, 9.17) is 9.47 Å². The first-order chi connectivity index (χ1) is 10.1. The van der Waals surface area contributed by atoms with Crippen LogP contribution in [0.4, 0.5) is 8.78 Å². The Morgan fingerprint density at radius 3 is 2.57 bits per heavy atom. The maximum atomic E-state index is 13.9. The summed E-state index contributed by atoms with van der Waals surface area (Å²) in [6.45, 7) is 1.40. The summed E-state index contributed by atoms with van der Waals surface area (Å²) in [6, 6.07) is 9.51. The van der Waals surface area contributed by atoms with Crippen molar-refractivity contribution in [3.05, 3.63) is 59.2 Å². The van der Waals surface area contributed by atoms with Crippen LogP contribution in [0.3, 0.4) is 0 Å². The van der Waals surface area contributed by atoms with Crippen LogP contribution in [0, 0.1) is 18.6 Å². The quantitative estimate of drug-likeness (QED) is 0.796. The number of Topliss-reactive ketones (excluding diaryl/α,β-unsaturated/α-hetero) is 1. The molecule has 0 fully saturated rings. The number of aryl methyl sites for hydroxylation is 1. The zero-order chi connectivity index (χ0) is 15.0. The minimum absolute atomic E-state index is 0.0369. The molecule has 0 spiro atoms. The van der Waals surface area contributed by atoms with E-state index >= 15 is 0 Å². The Hall–Kier alpha value is -2.43. The summed E-state index contributed by atoms with van der Waals surface area (Å²) < 4.78 is 38.4. The van der Waals surface area contributed by atoms with Crippen molar-refractivity contribution in [3.63, 3.8) is 0 Å². The average Bonchev–Trinajstić information content (AvgIpc) is 2.52. The molecule has 1 atom stereocenters. The van der Waals surface area contributed by atoms with E-state index in [2.05, 4.69) is 0 Å². The molecule has 0 amide bonds. The molecule has 0 aromatic heterocycles. The van der Waals surface area contributed by atoms with Gasteiger partial charge >= 0.3 is 0 Å². The molecule has 1 aliphatic rings. The first-order valence-electron chi connectivity index (χ1n) is 6.45. The fourth-order valence-corrected chi connectivity index (χ4v) is 2.16.